The molecule has 2 amide bonds. The van der Waals surface area contributed by atoms with Gasteiger partial charge in [-0.3, -0.25) is 14.9 Å². The van der Waals surface area contributed by atoms with E-state index in [4.69, 9.17) is 4.74 Å². The lowest BCUT2D eigenvalue weighted by Gasteiger charge is -2.31. The first-order valence-corrected chi connectivity index (χ1v) is 15.7. The topological polar surface area (TPSA) is 99.7 Å². The molecule has 0 spiro atoms. The van der Waals surface area contributed by atoms with E-state index in [0.29, 0.717) is 5.92 Å². The van der Waals surface area contributed by atoms with Crippen molar-refractivity contribution in [2.75, 3.05) is 31.0 Å². The summed E-state index contributed by atoms with van der Waals surface area (Å²) in [5.74, 6) is 3.60. The molecule has 1 saturated heterocycles. The van der Waals surface area contributed by atoms with Gasteiger partial charge < -0.3 is 20.5 Å². The van der Waals surface area contributed by atoms with Gasteiger partial charge in [0.2, 0.25) is 5.91 Å². The molecule has 4 rings (SSSR count). The summed E-state index contributed by atoms with van der Waals surface area (Å²) in [5, 5.41) is 19.7. The number of methoxy groups -OCH3 is 1. The minimum absolute atomic E-state index is 0.0326. The number of nitrogens with one attached hydrogen (secondary N) is 3. The lowest BCUT2D eigenvalue weighted by atomic mass is 9.91. The molecule has 4 N–H and O–H groups in total. The molecule has 38 heavy (non-hydrogen) atoms. The molecule has 206 valence electrons. The summed E-state index contributed by atoms with van der Waals surface area (Å²) in [5.41, 5.74) is 1.39. The predicted molar refractivity (Wildman–Crippen MR) is 156 cm³/mol. The van der Waals surface area contributed by atoms with Crippen LogP contribution in [0.25, 0.3) is 0 Å². The highest BCUT2D eigenvalue weighted by Gasteiger charge is 2.30. The second-order valence-corrected chi connectivity index (χ2v) is 12.3. The average Bonchev–Trinajstić information content (AvgIpc) is 3.50. The van der Waals surface area contributed by atoms with Crippen molar-refractivity contribution in [1.82, 2.24) is 16.0 Å². The zero-order valence-electron chi connectivity index (χ0n) is 22.0. The number of hydrogen-bond acceptors (Lipinski definition) is 7. The first-order valence-electron chi connectivity index (χ1n) is 13.5. The molecule has 1 heterocycles. The number of carbonyl (C=O) groups is 2. The quantitative estimate of drug-likeness (QED) is 0.310. The van der Waals surface area contributed by atoms with E-state index in [1.165, 1.54) is 38.2 Å². The van der Waals surface area contributed by atoms with Crippen LogP contribution in [0.4, 0.5) is 0 Å². The molecule has 3 atom stereocenters. The van der Waals surface area contributed by atoms with Crippen molar-refractivity contribution in [2.45, 2.75) is 55.9 Å². The number of amides is 2. The third kappa shape index (κ3) is 8.32. The van der Waals surface area contributed by atoms with Gasteiger partial charge in [-0.15, -0.1) is 11.8 Å². The van der Waals surface area contributed by atoms with Gasteiger partial charge in [0.1, 0.15) is 11.5 Å². The summed E-state index contributed by atoms with van der Waals surface area (Å²) < 4.78 is 5.34. The molecule has 1 aliphatic heterocycles. The van der Waals surface area contributed by atoms with E-state index in [2.05, 4.69) is 28.1 Å². The van der Waals surface area contributed by atoms with Crippen LogP contribution in [-0.4, -0.2) is 65.3 Å². The molecular weight excluding hydrogens is 518 g/mol. The van der Waals surface area contributed by atoms with Gasteiger partial charge in [0, 0.05) is 23.4 Å². The zero-order chi connectivity index (χ0) is 26.7. The average molecular weight is 558 g/mol. The lowest BCUT2D eigenvalue weighted by Crippen LogP contribution is -2.54. The molecular formula is C29H39N3O4S2. The molecule has 1 saturated carbocycles. The lowest BCUT2D eigenvalue weighted by molar-refractivity contribution is -0.123. The second-order valence-electron chi connectivity index (χ2n) is 10.0. The predicted octanol–water partition coefficient (Wildman–Crippen LogP) is 4.20. The smallest absolute Gasteiger partial charge is 0.255 e. The van der Waals surface area contributed by atoms with Gasteiger partial charge >= 0.3 is 0 Å². The monoisotopic (exact) mass is 557 g/mol. The molecule has 2 fully saturated rings. The molecule has 2 aromatic rings. The molecule has 7 nitrogen and oxygen atoms in total. The number of phenolic OH excluding ortho intramolecular Hbond substituents is 1. The van der Waals surface area contributed by atoms with E-state index in [9.17, 15) is 14.7 Å². The highest BCUT2D eigenvalue weighted by Crippen LogP contribution is 2.31. The van der Waals surface area contributed by atoms with Crippen LogP contribution in [0.1, 0.15) is 48.0 Å². The molecule has 0 radical (unpaired) electrons. The Morgan fingerprint density at radius 2 is 1.89 bits per heavy atom. The van der Waals surface area contributed by atoms with Crippen molar-refractivity contribution in [3.05, 3.63) is 59.7 Å². The normalized spacial score (nSPS) is 19.4. The van der Waals surface area contributed by atoms with Crippen LogP contribution in [0, 0.1) is 5.92 Å². The number of carbonyl (C=O) groups excluding carboxylic acids is 2. The number of rotatable bonds is 12. The number of thioether (sulfide) groups is 2. The summed E-state index contributed by atoms with van der Waals surface area (Å²) in [4.78, 5) is 26.2. The first kappa shape index (κ1) is 28.6. The number of aromatic hydroxyl groups is 1. The fraction of sp³-hybridized carbons (Fsp3) is 0.517. The maximum Gasteiger partial charge on any atom is 0.255 e. The van der Waals surface area contributed by atoms with E-state index in [1.54, 1.807) is 37.1 Å². The van der Waals surface area contributed by atoms with E-state index in [1.807, 2.05) is 23.9 Å². The maximum atomic E-state index is 13.2. The molecule has 2 aliphatic rings. The number of ether oxygens (including phenoxy) is 1. The first-order chi connectivity index (χ1) is 18.5. The minimum Gasteiger partial charge on any atom is -0.507 e. The van der Waals surface area contributed by atoms with Crippen molar-refractivity contribution < 1.29 is 19.4 Å². The van der Waals surface area contributed by atoms with Crippen LogP contribution in [0.3, 0.4) is 0 Å². The van der Waals surface area contributed by atoms with Crippen molar-refractivity contribution in [3.63, 3.8) is 0 Å². The summed E-state index contributed by atoms with van der Waals surface area (Å²) in [6.07, 6.45) is 7.16. The fourth-order valence-electron chi connectivity index (χ4n) is 5.01. The minimum atomic E-state index is -0.350. The Hall–Kier alpha value is -2.36. The van der Waals surface area contributed by atoms with Crippen molar-refractivity contribution in [3.8, 4) is 11.5 Å². The van der Waals surface area contributed by atoms with Crippen LogP contribution in [0.5, 0.6) is 11.5 Å². The largest absolute Gasteiger partial charge is 0.507 e. The summed E-state index contributed by atoms with van der Waals surface area (Å²) in [6, 6.07) is 14.1. The third-order valence-electron chi connectivity index (χ3n) is 7.31. The Morgan fingerprint density at radius 1 is 1.13 bits per heavy atom. The number of phenols is 1. The summed E-state index contributed by atoms with van der Waals surface area (Å²) >= 11 is 3.62. The molecule has 0 bridgehead atoms. The van der Waals surface area contributed by atoms with Crippen LogP contribution in [0.15, 0.2) is 48.5 Å². The molecule has 0 aromatic heterocycles. The Bertz CT molecular complexity index is 1040. The SMILES string of the molecule is COc1ccc(CC(SCC2CCCCC2)C(CNC(=O)c2ccccc2O)NC(=O)[C@H]2CSCN2)cc1. The van der Waals surface area contributed by atoms with Gasteiger partial charge in [-0.2, -0.15) is 11.8 Å². The van der Waals surface area contributed by atoms with E-state index < -0.39 is 0 Å². The van der Waals surface area contributed by atoms with Crippen LogP contribution in [0.2, 0.25) is 0 Å². The highest BCUT2D eigenvalue weighted by molar-refractivity contribution is 8.00. The van der Waals surface area contributed by atoms with E-state index >= 15 is 0 Å². The molecule has 2 unspecified atom stereocenters. The van der Waals surface area contributed by atoms with Gasteiger partial charge in [-0.1, -0.05) is 43.5 Å². The van der Waals surface area contributed by atoms with Gasteiger partial charge in [-0.05, 0) is 60.8 Å². The Balaban J connectivity index is 1.52. The van der Waals surface area contributed by atoms with Gasteiger partial charge in [0.25, 0.3) is 5.91 Å². The third-order valence-corrected chi connectivity index (χ3v) is 9.83. The molecule has 2 aromatic carbocycles. The van der Waals surface area contributed by atoms with Crippen LogP contribution >= 0.6 is 23.5 Å². The Labute approximate surface area is 234 Å². The van der Waals surface area contributed by atoms with E-state index in [0.717, 1.165) is 35.1 Å². The molecule has 9 heteroatoms. The van der Waals surface area contributed by atoms with Crippen molar-refractivity contribution >= 4 is 35.3 Å². The van der Waals surface area contributed by atoms with Gasteiger partial charge in [-0.25, -0.2) is 0 Å². The number of para-hydroxylation sites is 1. The molecule has 1 aliphatic carbocycles. The summed E-state index contributed by atoms with van der Waals surface area (Å²) in [7, 11) is 1.66. The van der Waals surface area contributed by atoms with Gasteiger partial charge in [0.05, 0.1) is 24.8 Å². The highest BCUT2D eigenvalue weighted by atomic mass is 32.2. The van der Waals surface area contributed by atoms with Gasteiger partial charge in [0.15, 0.2) is 0 Å². The maximum absolute atomic E-state index is 13.2. The van der Waals surface area contributed by atoms with E-state index in [-0.39, 0.29) is 47.0 Å². The second kappa shape index (κ2) is 14.7. The zero-order valence-corrected chi connectivity index (χ0v) is 23.6. The number of benzene rings is 2. The fourth-order valence-corrected chi connectivity index (χ4v) is 7.51. The summed E-state index contributed by atoms with van der Waals surface area (Å²) in [6.45, 7) is 0.275. The Kier molecular flexibility index (Phi) is 11.1. The van der Waals surface area contributed by atoms with Crippen LogP contribution in [-0.2, 0) is 11.2 Å². The Morgan fingerprint density at radius 3 is 2.58 bits per heavy atom. The van der Waals surface area contributed by atoms with Crippen molar-refractivity contribution in [1.29, 1.82) is 0 Å². The number of hydrogen-bond donors (Lipinski definition) is 4. The standard InChI is InChI=1S/C29H39N3O4S2/c1-36-22-13-11-20(12-14-22)15-27(38-17-21-7-3-2-4-8-21)24(32-29(35)25-18-37-19-31-25)16-30-28(34)23-9-5-6-10-26(23)33/h5-6,9-14,21,24-25,27,31,33H,2-4,7-8,15-19H2,1H3,(H,30,34)(H,32,35)/t24?,25-,27?/m1/s1. The van der Waals surface area contributed by atoms with Crippen molar-refractivity contribution in [2.24, 2.45) is 5.92 Å². The van der Waals surface area contributed by atoms with Crippen LogP contribution < -0.4 is 20.7 Å².